The number of benzene rings is 3. The number of rotatable bonds is 6. The second-order valence-electron chi connectivity index (χ2n) is 7.17. The normalized spacial score (nSPS) is 11.2. The van der Waals surface area contributed by atoms with Gasteiger partial charge in [0.2, 0.25) is 0 Å². The van der Waals surface area contributed by atoms with Crippen molar-refractivity contribution >= 4 is 29.2 Å². The zero-order chi connectivity index (χ0) is 23.2. The molecule has 4 aromatic rings. The minimum absolute atomic E-state index is 0.296. The molecule has 4 rings (SSSR count). The Hall–Kier alpha value is -4.16. The van der Waals surface area contributed by atoms with Crippen LogP contribution in [0.3, 0.4) is 0 Å². The van der Waals surface area contributed by atoms with Crippen molar-refractivity contribution in [2.75, 3.05) is 0 Å². The van der Waals surface area contributed by atoms with Gasteiger partial charge in [-0.3, -0.25) is 4.79 Å². The number of hydrazone groups is 1. The number of carbonyl (C=O) groups excluding carboxylic acids is 2. The molecule has 0 unspecified atom stereocenters. The van der Waals surface area contributed by atoms with Gasteiger partial charge in [-0.15, -0.1) is 0 Å². The molecule has 0 saturated carbocycles. The summed E-state index contributed by atoms with van der Waals surface area (Å²) in [5.41, 5.74) is 5.71. The van der Waals surface area contributed by atoms with Gasteiger partial charge >= 0.3 is 5.97 Å². The average molecular weight is 458 g/mol. The molecular formula is C26H20ClN3O3. The summed E-state index contributed by atoms with van der Waals surface area (Å²) < 4.78 is 7.33. The number of ether oxygens (including phenoxy) is 1. The van der Waals surface area contributed by atoms with Gasteiger partial charge in [-0.2, -0.15) is 5.10 Å². The molecule has 7 heteroatoms. The molecule has 3 aromatic carbocycles. The molecule has 33 heavy (non-hydrogen) atoms. The van der Waals surface area contributed by atoms with Crippen LogP contribution in [0.2, 0.25) is 5.02 Å². The van der Waals surface area contributed by atoms with Gasteiger partial charge in [0.05, 0.1) is 16.3 Å². The molecule has 0 aliphatic carbocycles. The predicted octanol–water partition coefficient (Wildman–Crippen LogP) is 5.50. The number of aromatic nitrogens is 1. The van der Waals surface area contributed by atoms with E-state index in [9.17, 15) is 9.59 Å². The molecule has 164 valence electrons. The fourth-order valence-corrected chi connectivity index (χ4v) is 3.32. The summed E-state index contributed by atoms with van der Waals surface area (Å²) in [5, 5.41) is 4.51. The predicted molar refractivity (Wildman–Crippen MR) is 128 cm³/mol. The summed E-state index contributed by atoms with van der Waals surface area (Å²) in [6, 6.07) is 24.6. The minimum Gasteiger partial charge on any atom is -0.423 e. The van der Waals surface area contributed by atoms with Crippen LogP contribution in [0.4, 0.5) is 0 Å². The van der Waals surface area contributed by atoms with Gasteiger partial charge in [0, 0.05) is 23.6 Å². The highest BCUT2D eigenvalue weighted by molar-refractivity contribution is 6.33. The molecule has 1 N–H and O–H groups in total. The highest BCUT2D eigenvalue weighted by Crippen LogP contribution is 2.19. The van der Waals surface area contributed by atoms with Gasteiger partial charge in [0.1, 0.15) is 5.75 Å². The summed E-state index contributed by atoms with van der Waals surface area (Å²) >= 11 is 6.04. The maximum atomic E-state index is 12.4. The van der Waals surface area contributed by atoms with Crippen LogP contribution in [0, 0.1) is 0 Å². The Bertz CT molecular complexity index is 1300. The van der Waals surface area contributed by atoms with Crippen LogP contribution in [-0.2, 0) is 0 Å². The maximum absolute atomic E-state index is 12.4. The van der Waals surface area contributed by atoms with Crippen molar-refractivity contribution in [3.63, 3.8) is 0 Å². The van der Waals surface area contributed by atoms with Gasteiger partial charge in [0.15, 0.2) is 0 Å². The lowest BCUT2D eigenvalue weighted by Crippen LogP contribution is -2.19. The Balaban J connectivity index is 1.37. The summed E-state index contributed by atoms with van der Waals surface area (Å²) in [6.07, 6.45) is 3.87. The molecule has 1 amide bonds. The van der Waals surface area contributed by atoms with E-state index in [2.05, 4.69) is 10.5 Å². The Morgan fingerprint density at radius 1 is 0.848 bits per heavy atom. The largest absolute Gasteiger partial charge is 0.423 e. The third kappa shape index (κ3) is 5.37. The van der Waals surface area contributed by atoms with Gasteiger partial charge in [-0.1, -0.05) is 23.7 Å². The Labute approximate surface area is 196 Å². The maximum Gasteiger partial charge on any atom is 0.345 e. The van der Waals surface area contributed by atoms with Gasteiger partial charge in [-0.25, -0.2) is 10.2 Å². The highest BCUT2D eigenvalue weighted by atomic mass is 35.5. The fourth-order valence-electron chi connectivity index (χ4n) is 3.11. The third-order valence-corrected chi connectivity index (χ3v) is 5.26. The lowest BCUT2D eigenvalue weighted by molar-refractivity contribution is 0.0734. The van der Waals surface area contributed by atoms with Crippen molar-refractivity contribution in [3.05, 3.63) is 119 Å². The second kappa shape index (κ2) is 9.97. The van der Waals surface area contributed by atoms with Crippen molar-refractivity contribution in [3.8, 4) is 11.4 Å². The van der Waals surface area contributed by atoms with Crippen LogP contribution in [0.25, 0.3) is 5.69 Å². The van der Waals surface area contributed by atoms with E-state index in [1.807, 2.05) is 41.2 Å². The quantitative estimate of drug-likeness (QED) is 0.180. The van der Waals surface area contributed by atoms with Crippen LogP contribution in [-0.4, -0.2) is 22.2 Å². The van der Waals surface area contributed by atoms with Crippen LogP contribution in [0.15, 0.2) is 102 Å². The van der Waals surface area contributed by atoms with E-state index in [-0.39, 0.29) is 5.91 Å². The van der Waals surface area contributed by atoms with E-state index in [1.54, 1.807) is 67.6 Å². The van der Waals surface area contributed by atoms with Gasteiger partial charge in [0.25, 0.3) is 5.91 Å². The van der Waals surface area contributed by atoms with E-state index >= 15 is 0 Å². The van der Waals surface area contributed by atoms with E-state index in [0.29, 0.717) is 27.6 Å². The topological polar surface area (TPSA) is 72.7 Å². The number of hydrogen-bond acceptors (Lipinski definition) is 4. The third-order valence-electron chi connectivity index (χ3n) is 4.93. The summed E-state index contributed by atoms with van der Waals surface area (Å²) in [4.78, 5) is 24.7. The Kier molecular flexibility index (Phi) is 6.66. The molecule has 6 nitrogen and oxygen atoms in total. The Morgan fingerprint density at radius 2 is 1.48 bits per heavy atom. The van der Waals surface area contributed by atoms with Crippen LogP contribution >= 0.6 is 11.6 Å². The van der Waals surface area contributed by atoms with E-state index in [4.69, 9.17) is 16.3 Å². The SMILES string of the molecule is C/C(=N\NC(=O)c1ccc(-n2cccc2)cc1)c1ccc(OC(=O)c2ccccc2Cl)cc1. The van der Waals surface area contributed by atoms with Crippen LogP contribution in [0.5, 0.6) is 5.75 Å². The zero-order valence-corrected chi connectivity index (χ0v) is 18.5. The van der Waals surface area contributed by atoms with Crippen molar-refractivity contribution in [2.24, 2.45) is 5.10 Å². The highest BCUT2D eigenvalue weighted by Gasteiger charge is 2.12. The molecular weight excluding hydrogens is 438 g/mol. The number of halogens is 1. The second-order valence-corrected chi connectivity index (χ2v) is 7.58. The van der Waals surface area contributed by atoms with Crippen molar-refractivity contribution in [2.45, 2.75) is 6.92 Å². The molecule has 1 heterocycles. The molecule has 0 radical (unpaired) electrons. The molecule has 0 bridgehead atoms. The van der Waals surface area contributed by atoms with Crippen molar-refractivity contribution in [1.82, 2.24) is 9.99 Å². The first-order valence-corrected chi connectivity index (χ1v) is 10.5. The van der Waals surface area contributed by atoms with E-state index < -0.39 is 5.97 Å². The first-order valence-electron chi connectivity index (χ1n) is 10.2. The zero-order valence-electron chi connectivity index (χ0n) is 17.7. The van der Waals surface area contributed by atoms with Crippen molar-refractivity contribution < 1.29 is 14.3 Å². The monoisotopic (exact) mass is 457 g/mol. The molecule has 0 saturated heterocycles. The number of amides is 1. The molecule has 0 atom stereocenters. The molecule has 0 spiro atoms. The minimum atomic E-state index is -0.534. The van der Waals surface area contributed by atoms with Crippen LogP contribution < -0.4 is 10.2 Å². The summed E-state index contributed by atoms with van der Waals surface area (Å²) in [5.74, 6) is -0.462. The lowest BCUT2D eigenvalue weighted by atomic mass is 10.1. The van der Waals surface area contributed by atoms with E-state index in [0.717, 1.165) is 11.3 Å². The summed E-state index contributed by atoms with van der Waals surface area (Å²) in [6.45, 7) is 1.78. The van der Waals surface area contributed by atoms with Crippen LogP contribution in [0.1, 0.15) is 33.2 Å². The van der Waals surface area contributed by atoms with Gasteiger partial charge < -0.3 is 9.30 Å². The van der Waals surface area contributed by atoms with Gasteiger partial charge in [-0.05, 0) is 85.3 Å². The first-order chi connectivity index (χ1) is 16.0. The number of carbonyl (C=O) groups is 2. The van der Waals surface area contributed by atoms with E-state index in [1.165, 1.54) is 0 Å². The lowest BCUT2D eigenvalue weighted by Gasteiger charge is -2.07. The molecule has 0 fully saturated rings. The summed E-state index contributed by atoms with van der Waals surface area (Å²) in [7, 11) is 0. The smallest absolute Gasteiger partial charge is 0.345 e. The molecule has 0 aliphatic rings. The number of hydrogen-bond donors (Lipinski definition) is 1. The number of nitrogens with zero attached hydrogens (tertiary/aromatic N) is 2. The number of esters is 1. The average Bonchev–Trinajstić information content (AvgIpc) is 3.38. The standard InChI is InChI=1S/C26H20ClN3O3/c1-18(28-29-25(31)20-8-12-21(13-9-20)30-16-4-5-17-30)19-10-14-22(15-11-19)33-26(32)23-6-2-3-7-24(23)27/h2-17H,1H3,(H,29,31)/b28-18+. The first kappa shape index (κ1) is 22.0. The fraction of sp³-hybridized carbons (Fsp3) is 0.0385. The Morgan fingerprint density at radius 3 is 2.15 bits per heavy atom. The number of nitrogens with one attached hydrogen (secondary N) is 1. The molecule has 1 aromatic heterocycles. The van der Waals surface area contributed by atoms with Crippen molar-refractivity contribution in [1.29, 1.82) is 0 Å². The molecule has 0 aliphatic heterocycles.